The minimum atomic E-state index is -4.61. The highest BCUT2D eigenvalue weighted by atomic mass is 31.2. The van der Waals surface area contributed by atoms with E-state index in [4.69, 9.17) is 23.6 Å². The first kappa shape index (κ1) is 57.0. The molecule has 3 N–H and O–H groups in total. The third-order valence-electron chi connectivity index (χ3n) is 11.0. The van der Waals surface area contributed by atoms with Gasteiger partial charge in [0.05, 0.1) is 19.8 Å². The molecule has 11 heteroatoms. The van der Waals surface area contributed by atoms with Gasteiger partial charge in [-0.3, -0.25) is 18.6 Å². The molecule has 0 saturated carbocycles. The maximum Gasteiger partial charge on any atom is 0.472 e. The molecule has 0 heterocycles. The van der Waals surface area contributed by atoms with Crippen molar-refractivity contribution >= 4 is 19.8 Å². The second-order valence-corrected chi connectivity index (χ2v) is 18.3. The molecule has 346 valence electrons. The molecule has 0 aromatic carbocycles. The van der Waals surface area contributed by atoms with Crippen LogP contribution in [0.15, 0.2) is 0 Å². The summed E-state index contributed by atoms with van der Waals surface area (Å²) in [5.41, 5.74) is 0. The van der Waals surface area contributed by atoms with Crippen molar-refractivity contribution in [1.82, 2.24) is 0 Å². The Bertz CT molecular complexity index is 935. The molecule has 0 radical (unpaired) electrons. The largest absolute Gasteiger partial charge is 0.472 e. The van der Waals surface area contributed by atoms with E-state index in [0.29, 0.717) is 12.8 Å². The van der Waals surface area contributed by atoms with Gasteiger partial charge in [0.2, 0.25) is 0 Å². The van der Waals surface area contributed by atoms with Crippen molar-refractivity contribution in [2.45, 2.75) is 264 Å². The van der Waals surface area contributed by atoms with Crippen LogP contribution in [0.2, 0.25) is 0 Å². The van der Waals surface area contributed by atoms with Gasteiger partial charge in [-0.2, -0.15) is 0 Å². The molecular weight excluding hydrogens is 755 g/mol. The van der Waals surface area contributed by atoms with E-state index in [0.717, 1.165) is 32.1 Å². The van der Waals surface area contributed by atoms with Gasteiger partial charge in [-0.25, -0.2) is 4.57 Å². The van der Waals surface area contributed by atoms with Crippen LogP contribution < -0.4 is 0 Å². The molecular formula is C47H93O10P. The average Bonchev–Trinajstić information content (AvgIpc) is 3.21. The number of ether oxygens (including phenoxy) is 2. The zero-order valence-corrected chi connectivity index (χ0v) is 38.7. The molecule has 0 aromatic heterocycles. The summed E-state index contributed by atoms with van der Waals surface area (Å²) >= 11 is 0. The lowest BCUT2D eigenvalue weighted by atomic mass is 10.0. The summed E-state index contributed by atoms with van der Waals surface area (Å²) in [6, 6.07) is 0. The number of hydrogen-bond donors (Lipinski definition) is 3. The maximum absolute atomic E-state index is 12.7. The number of esters is 2. The van der Waals surface area contributed by atoms with Gasteiger partial charge in [-0.05, 0) is 12.8 Å². The fraction of sp³-hybridized carbons (Fsp3) is 0.957. The molecule has 0 aliphatic heterocycles. The van der Waals surface area contributed by atoms with Crippen LogP contribution in [0, 0.1) is 0 Å². The maximum atomic E-state index is 12.7. The molecule has 0 aromatic rings. The molecule has 0 saturated heterocycles. The summed E-state index contributed by atoms with van der Waals surface area (Å²) in [6.45, 7) is 2.44. The Hall–Kier alpha value is -1.03. The normalized spacial score (nSPS) is 13.7. The first-order chi connectivity index (χ1) is 28.2. The van der Waals surface area contributed by atoms with E-state index < -0.39 is 51.8 Å². The first-order valence-corrected chi connectivity index (χ1v) is 26.0. The van der Waals surface area contributed by atoms with Gasteiger partial charge in [0.25, 0.3) is 0 Å². The fourth-order valence-electron chi connectivity index (χ4n) is 7.23. The molecule has 0 spiro atoms. The summed E-state index contributed by atoms with van der Waals surface area (Å²) in [5.74, 6) is -0.905. The Balaban J connectivity index is 4.14. The van der Waals surface area contributed by atoms with Crippen LogP contribution in [0.4, 0.5) is 0 Å². The number of phosphoric ester groups is 1. The van der Waals surface area contributed by atoms with Gasteiger partial charge in [0, 0.05) is 12.8 Å². The molecule has 0 aliphatic rings. The predicted molar refractivity (Wildman–Crippen MR) is 238 cm³/mol. The van der Waals surface area contributed by atoms with Crippen LogP contribution >= 0.6 is 7.82 Å². The van der Waals surface area contributed by atoms with Gasteiger partial charge in [-0.15, -0.1) is 0 Å². The second kappa shape index (κ2) is 44.0. The van der Waals surface area contributed by atoms with Gasteiger partial charge in [0.15, 0.2) is 6.10 Å². The van der Waals surface area contributed by atoms with Crippen LogP contribution in [-0.2, 0) is 32.7 Å². The fourth-order valence-corrected chi connectivity index (χ4v) is 8.02. The van der Waals surface area contributed by atoms with Crippen LogP contribution in [0.3, 0.4) is 0 Å². The van der Waals surface area contributed by atoms with E-state index in [1.54, 1.807) is 0 Å². The summed E-state index contributed by atoms with van der Waals surface area (Å²) in [7, 11) is -4.61. The van der Waals surface area contributed by atoms with Gasteiger partial charge < -0.3 is 24.6 Å². The average molecular weight is 849 g/mol. The zero-order valence-electron chi connectivity index (χ0n) is 37.8. The number of carbonyl (C=O) groups is 2. The number of carbonyl (C=O) groups excluding carboxylic acids is 2. The molecule has 0 bridgehead atoms. The lowest BCUT2D eigenvalue weighted by Gasteiger charge is -2.20. The highest BCUT2D eigenvalue weighted by Crippen LogP contribution is 2.43. The number of aliphatic hydroxyl groups is 2. The quantitative estimate of drug-likeness (QED) is 0.0307. The Labute approximate surface area is 356 Å². The smallest absolute Gasteiger partial charge is 0.462 e. The number of aliphatic hydroxyl groups excluding tert-OH is 2. The molecule has 3 atom stereocenters. The van der Waals surface area contributed by atoms with Gasteiger partial charge in [-0.1, -0.05) is 226 Å². The molecule has 0 fully saturated rings. The molecule has 3 unspecified atom stereocenters. The lowest BCUT2D eigenvalue weighted by Crippen LogP contribution is -2.29. The minimum absolute atomic E-state index is 0.193. The second-order valence-electron chi connectivity index (χ2n) is 16.9. The molecule has 0 rings (SSSR count). The lowest BCUT2D eigenvalue weighted by molar-refractivity contribution is -0.161. The Morgan fingerprint density at radius 2 is 0.741 bits per heavy atom. The number of phosphoric acid groups is 1. The number of unbranched alkanes of at least 4 members (excludes halogenated alkanes) is 33. The molecule has 10 nitrogen and oxygen atoms in total. The number of rotatable bonds is 47. The summed E-state index contributed by atoms with van der Waals surface area (Å²) in [5, 5.41) is 18.4. The first-order valence-electron chi connectivity index (χ1n) is 24.5. The van der Waals surface area contributed by atoms with Gasteiger partial charge >= 0.3 is 19.8 Å². The van der Waals surface area contributed by atoms with Crippen molar-refractivity contribution in [3.8, 4) is 0 Å². The van der Waals surface area contributed by atoms with Crippen molar-refractivity contribution in [3.63, 3.8) is 0 Å². The summed E-state index contributed by atoms with van der Waals surface area (Å²) in [4.78, 5) is 35.1. The monoisotopic (exact) mass is 849 g/mol. The zero-order chi connectivity index (χ0) is 42.6. The standard InChI is InChI=1S/C47H93O10P/c1-3-5-7-9-11-13-15-17-19-20-21-22-23-24-25-27-29-31-33-35-37-39-47(51)57-45(43-56-58(52,53)55-41-44(49)40-48)42-54-46(50)38-36-34-32-30-28-26-18-16-14-12-10-8-6-4-2/h44-45,48-49H,3-43H2,1-2H3,(H,52,53). The van der Waals surface area contributed by atoms with Crippen LogP contribution in [0.5, 0.6) is 0 Å². The Kier molecular flexibility index (Phi) is 43.3. The minimum Gasteiger partial charge on any atom is -0.462 e. The van der Waals surface area contributed by atoms with E-state index in [9.17, 15) is 24.2 Å². The number of hydrogen-bond acceptors (Lipinski definition) is 9. The van der Waals surface area contributed by atoms with Crippen LogP contribution in [0.1, 0.15) is 251 Å². The molecule has 58 heavy (non-hydrogen) atoms. The Morgan fingerprint density at radius 3 is 1.07 bits per heavy atom. The summed E-state index contributed by atoms with van der Waals surface area (Å²) < 4.78 is 32.8. The van der Waals surface area contributed by atoms with Crippen molar-refractivity contribution in [3.05, 3.63) is 0 Å². The topological polar surface area (TPSA) is 149 Å². The van der Waals surface area contributed by atoms with Crippen molar-refractivity contribution in [2.75, 3.05) is 26.4 Å². The van der Waals surface area contributed by atoms with Crippen LogP contribution in [0.25, 0.3) is 0 Å². The van der Waals surface area contributed by atoms with E-state index in [1.165, 1.54) is 180 Å². The van der Waals surface area contributed by atoms with E-state index in [-0.39, 0.29) is 19.4 Å². The van der Waals surface area contributed by atoms with E-state index in [1.807, 2.05) is 0 Å². The third kappa shape index (κ3) is 43.1. The highest BCUT2D eigenvalue weighted by Gasteiger charge is 2.27. The van der Waals surface area contributed by atoms with Crippen molar-refractivity contribution in [1.29, 1.82) is 0 Å². The third-order valence-corrected chi connectivity index (χ3v) is 12.0. The van der Waals surface area contributed by atoms with E-state index in [2.05, 4.69) is 13.8 Å². The van der Waals surface area contributed by atoms with Gasteiger partial charge in [0.1, 0.15) is 12.7 Å². The SMILES string of the molecule is CCCCCCCCCCCCCCCCCCCCCCCC(=O)OC(COC(=O)CCCCCCCCCCCCCCCC)COP(=O)(O)OCC(O)CO. The predicted octanol–water partition coefficient (Wildman–Crippen LogP) is 13.4. The molecule has 0 aliphatic carbocycles. The van der Waals surface area contributed by atoms with Crippen molar-refractivity contribution in [2.24, 2.45) is 0 Å². The Morgan fingerprint density at radius 1 is 0.448 bits per heavy atom. The summed E-state index contributed by atoms with van der Waals surface area (Å²) in [6.07, 6.45) is 42.1. The highest BCUT2D eigenvalue weighted by molar-refractivity contribution is 7.47. The van der Waals surface area contributed by atoms with E-state index >= 15 is 0 Å². The van der Waals surface area contributed by atoms with Crippen LogP contribution in [-0.4, -0.2) is 65.7 Å². The molecule has 0 amide bonds. The van der Waals surface area contributed by atoms with Crippen molar-refractivity contribution < 1.29 is 47.8 Å².